The molecule has 1 aliphatic carbocycles. The lowest BCUT2D eigenvalue weighted by Gasteiger charge is -2.23. The van der Waals surface area contributed by atoms with Crippen molar-refractivity contribution in [3.05, 3.63) is 37.7 Å². The smallest absolute Gasteiger partial charge is 0.359 e. The summed E-state index contributed by atoms with van der Waals surface area (Å²) in [6, 6.07) is 7.58. The van der Waals surface area contributed by atoms with E-state index in [-0.39, 0.29) is 18.2 Å². The first kappa shape index (κ1) is 29.3. The van der Waals surface area contributed by atoms with E-state index in [1.165, 1.54) is 11.8 Å². The first-order valence-electron chi connectivity index (χ1n) is 12.2. The molecule has 0 aliphatic heterocycles. The number of nitrogen functional groups attached to an aromatic ring is 1. The molecular formula is C25H33N5O7PS. The van der Waals surface area contributed by atoms with Gasteiger partial charge in [-0.05, 0) is 57.4 Å². The molecule has 3 aromatic rings. The van der Waals surface area contributed by atoms with Gasteiger partial charge in [0.15, 0.2) is 5.65 Å². The standard InChI is InChI=1S/C25H33N5O7PS/c1-16-11-25(16,36-15-38(32,34-6)37-14-35-22(31)24(2,3)4)12-30-13-27-19-20(30)28-23(26)29-21(19)39-18-9-7-17(33-5)8-10-18/h7-10,13,16H,6,11-12,14-15H2,1-5H3,(H2,26,28,29). The molecule has 2 heterocycles. The summed E-state index contributed by atoms with van der Waals surface area (Å²) in [5, 5.41) is 0.619. The Morgan fingerprint density at radius 1 is 1.28 bits per heavy atom. The molecule has 0 spiro atoms. The normalized spacial score (nSPS) is 20.5. The van der Waals surface area contributed by atoms with E-state index in [0.717, 1.165) is 10.6 Å². The van der Waals surface area contributed by atoms with Gasteiger partial charge in [0.25, 0.3) is 0 Å². The second-order valence-corrected chi connectivity index (χ2v) is 13.4. The summed E-state index contributed by atoms with van der Waals surface area (Å²) in [5.41, 5.74) is 5.82. The van der Waals surface area contributed by atoms with Gasteiger partial charge >= 0.3 is 13.6 Å². The molecule has 0 bridgehead atoms. The molecule has 39 heavy (non-hydrogen) atoms. The summed E-state index contributed by atoms with van der Waals surface area (Å²) in [4.78, 5) is 26.3. The van der Waals surface area contributed by atoms with Gasteiger partial charge in [-0.2, -0.15) is 4.98 Å². The zero-order valence-electron chi connectivity index (χ0n) is 22.6. The number of imidazole rings is 1. The highest BCUT2D eigenvalue weighted by Crippen LogP contribution is 2.54. The van der Waals surface area contributed by atoms with Gasteiger partial charge in [0, 0.05) is 4.90 Å². The van der Waals surface area contributed by atoms with Gasteiger partial charge in [0.05, 0.1) is 38.1 Å². The predicted octanol–water partition coefficient (Wildman–Crippen LogP) is 4.89. The van der Waals surface area contributed by atoms with Crippen molar-refractivity contribution in [3.8, 4) is 5.75 Å². The number of hydrogen-bond donors (Lipinski definition) is 1. The second-order valence-electron chi connectivity index (χ2n) is 10.3. The highest BCUT2D eigenvalue weighted by molar-refractivity contribution is 7.99. The Balaban J connectivity index is 1.46. The fourth-order valence-corrected chi connectivity index (χ4v) is 5.52. The van der Waals surface area contributed by atoms with Crippen molar-refractivity contribution in [2.75, 3.05) is 26.0 Å². The largest absolute Gasteiger partial charge is 0.497 e. The number of anilines is 1. The molecule has 1 radical (unpaired) electrons. The van der Waals surface area contributed by atoms with Crippen LogP contribution in [0.3, 0.4) is 0 Å². The molecule has 0 amide bonds. The number of esters is 1. The summed E-state index contributed by atoms with van der Waals surface area (Å²) in [6.45, 7) is 6.97. The minimum atomic E-state index is -3.78. The number of carbonyl (C=O) groups is 1. The minimum absolute atomic E-state index is 0.118. The fourth-order valence-electron chi connectivity index (χ4n) is 3.79. The lowest BCUT2D eigenvalue weighted by atomic mass is 9.98. The molecule has 2 aromatic heterocycles. The third-order valence-corrected chi connectivity index (χ3v) is 8.63. The van der Waals surface area contributed by atoms with Gasteiger partial charge in [-0.25, -0.2) is 9.97 Å². The number of rotatable bonds is 12. The lowest BCUT2D eigenvalue weighted by Crippen LogP contribution is -2.26. The molecule has 14 heteroatoms. The number of aromatic nitrogens is 4. The van der Waals surface area contributed by atoms with Crippen molar-refractivity contribution in [2.24, 2.45) is 11.3 Å². The number of hydrogen-bond acceptors (Lipinski definition) is 12. The maximum atomic E-state index is 13.0. The quantitative estimate of drug-likeness (QED) is 0.135. The van der Waals surface area contributed by atoms with Crippen molar-refractivity contribution < 1.29 is 32.6 Å². The van der Waals surface area contributed by atoms with E-state index < -0.39 is 31.4 Å². The fraction of sp³-hybridized carbons (Fsp3) is 0.480. The summed E-state index contributed by atoms with van der Waals surface area (Å²) in [6.07, 6.45) is 2.00. The SMILES string of the molecule is [CH2]OP(=O)(COC1(Cn2cnc3c(Sc4ccc(OC)cc4)nc(N)nc32)CC1C)OCOC(=O)C(C)(C)C. The van der Waals surface area contributed by atoms with E-state index in [1.54, 1.807) is 34.2 Å². The van der Waals surface area contributed by atoms with Crippen LogP contribution in [0.5, 0.6) is 5.75 Å². The Labute approximate surface area is 231 Å². The maximum Gasteiger partial charge on any atom is 0.359 e. The van der Waals surface area contributed by atoms with Crippen molar-refractivity contribution >= 4 is 42.4 Å². The number of ether oxygens (including phenoxy) is 3. The molecule has 1 aromatic carbocycles. The molecule has 2 N–H and O–H groups in total. The molecule has 0 saturated heterocycles. The number of nitrogens with zero attached hydrogens (tertiary/aromatic N) is 4. The second kappa shape index (κ2) is 11.4. The van der Waals surface area contributed by atoms with Gasteiger partial charge in [-0.15, -0.1) is 0 Å². The Morgan fingerprint density at radius 2 is 1.97 bits per heavy atom. The van der Waals surface area contributed by atoms with Crippen molar-refractivity contribution in [3.63, 3.8) is 0 Å². The van der Waals surface area contributed by atoms with Gasteiger partial charge in [-0.1, -0.05) is 18.7 Å². The van der Waals surface area contributed by atoms with Crippen LogP contribution in [0.15, 0.2) is 40.5 Å². The average molecular weight is 579 g/mol. The molecule has 3 atom stereocenters. The monoisotopic (exact) mass is 578 g/mol. The topological polar surface area (TPSA) is 150 Å². The van der Waals surface area contributed by atoms with Crippen LogP contribution < -0.4 is 10.5 Å². The van der Waals surface area contributed by atoms with E-state index in [2.05, 4.69) is 22.1 Å². The first-order chi connectivity index (χ1) is 18.4. The molecule has 211 valence electrons. The van der Waals surface area contributed by atoms with Crippen molar-refractivity contribution in [1.29, 1.82) is 0 Å². The highest BCUT2D eigenvalue weighted by atomic mass is 32.2. The molecule has 1 saturated carbocycles. The number of nitrogens with two attached hydrogens (primary N) is 1. The predicted molar refractivity (Wildman–Crippen MR) is 145 cm³/mol. The van der Waals surface area contributed by atoms with Crippen LogP contribution in [0.2, 0.25) is 0 Å². The third kappa shape index (κ3) is 6.90. The van der Waals surface area contributed by atoms with Gasteiger partial charge in [0.1, 0.15) is 22.6 Å². The molecule has 12 nitrogen and oxygen atoms in total. The van der Waals surface area contributed by atoms with E-state index in [4.69, 9.17) is 29.0 Å². The minimum Gasteiger partial charge on any atom is -0.497 e. The first-order valence-corrected chi connectivity index (χ1v) is 14.7. The molecule has 1 fully saturated rings. The lowest BCUT2D eigenvalue weighted by molar-refractivity contribution is -0.160. The zero-order valence-corrected chi connectivity index (χ0v) is 24.3. The van der Waals surface area contributed by atoms with E-state index in [1.807, 2.05) is 35.8 Å². The van der Waals surface area contributed by atoms with Crippen LogP contribution in [0.25, 0.3) is 11.2 Å². The number of carbonyl (C=O) groups excluding carboxylic acids is 1. The summed E-state index contributed by atoms with van der Waals surface area (Å²) in [5.74, 6) is 0.528. The maximum absolute atomic E-state index is 13.0. The summed E-state index contributed by atoms with van der Waals surface area (Å²) < 4.78 is 41.3. The van der Waals surface area contributed by atoms with E-state index >= 15 is 0 Å². The van der Waals surface area contributed by atoms with Crippen LogP contribution in [0.1, 0.15) is 34.1 Å². The van der Waals surface area contributed by atoms with Crippen LogP contribution in [0.4, 0.5) is 5.95 Å². The summed E-state index contributed by atoms with van der Waals surface area (Å²) in [7, 11) is 1.09. The van der Waals surface area contributed by atoms with Gasteiger partial charge in [0.2, 0.25) is 12.7 Å². The molecule has 3 unspecified atom stereocenters. The third-order valence-electron chi connectivity index (χ3n) is 6.31. The van der Waals surface area contributed by atoms with Crippen LogP contribution in [-0.2, 0) is 34.4 Å². The van der Waals surface area contributed by atoms with Crippen LogP contribution >= 0.6 is 19.4 Å². The number of benzene rings is 1. The molecular weight excluding hydrogens is 545 g/mol. The highest BCUT2D eigenvalue weighted by Gasteiger charge is 2.54. The Hall–Kier alpha value is -2.70. The number of methoxy groups -OCH3 is 1. The van der Waals surface area contributed by atoms with Gasteiger partial charge < -0.3 is 29.0 Å². The Morgan fingerprint density at radius 3 is 2.56 bits per heavy atom. The van der Waals surface area contributed by atoms with Crippen molar-refractivity contribution in [2.45, 2.75) is 56.2 Å². The van der Waals surface area contributed by atoms with Crippen LogP contribution in [0, 0.1) is 18.4 Å². The Kier molecular flexibility index (Phi) is 8.58. The van der Waals surface area contributed by atoms with Crippen molar-refractivity contribution in [1.82, 2.24) is 19.5 Å². The molecule has 4 rings (SSSR count). The Bertz CT molecular complexity index is 1380. The summed E-state index contributed by atoms with van der Waals surface area (Å²) >= 11 is 1.42. The average Bonchev–Trinajstić information content (AvgIpc) is 3.35. The zero-order chi connectivity index (χ0) is 28.4. The number of fused-ring (bicyclic) bond motifs is 1. The van der Waals surface area contributed by atoms with Gasteiger partial charge in [-0.3, -0.25) is 13.9 Å². The van der Waals surface area contributed by atoms with E-state index in [0.29, 0.717) is 29.2 Å². The van der Waals surface area contributed by atoms with Crippen LogP contribution in [-0.4, -0.2) is 51.3 Å². The van der Waals surface area contributed by atoms with E-state index in [9.17, 15) is 9.36 Å². The molecule has 1 aliphatic rings.